The number of carbonyl (C=O) groups excluding carboxylic acids is 2. The quantitative estimate of drug-likeness (QED) is 0.0178. The monoisotopic (exact) mass is 971 g/mol. The van der Waals surface area contributed by atoms with Crippen molar-refractivity contribution in [1.82, 2.24) is 0 Å². The second kappa shape index (κ2) is 32.6. The molecule has 0 saturated carbocycles. The molecule has 0 aliphatic rings. The van der Waals surface area contributed by atoms with Gasteiger partial charge in [-0.1, -0.05) is 119 Å². The van der Waals surface area contributed by atoms with Crippen LogP contribution in [0.25, 0.3) is 22.3 Å². The predicted octanol–water partition coefficient (Wildman–Crippen LogP) is 13.0. The van der Waals surface area contributed by atoms with E-state index in [1.807, 2.05) is 72.8 Å². The summed E-state index contributed by atoms with van der Waals surface area (Å²) in [4.78, 5) is 23.5. The van der Waals surface area contributed by atoms with Gasteiger partial charge in [0.15, 0.2) is 0 Å². The van der Waals surface area contributed by atoms with Crippen LogP contribution in [0.2, 0.25) is 0 Å². The summed E-state index contributed by atoms with van der Waals surface area (Å²) in [7, 11) is 0. The minimum absolute atomic E-state index is 0.0299. The Morgan fingerprint density at radius 2 is 0.746 bits per heavy atom. The van der Waals surface area contributed by atoms with Crippen molar-refractivity contribution < 1.29 is 52.6 Å². The van der Waals surface area contributed by atoms with Gasteiger partial charge in [0.1, 0.15) is 35.4 Å². The summed E-state index contributed by atoms with van der Waals surface area (Å²) in [6.45, 7) is 15.8. The number of rotatable bonds is 36. The number of esters is 2. The first-order chi connectivity index (χ1) is 34.7. The molecule has 11 heteroatoms. The van der Waals surface area contributed by atoms with Gasteiger partial charge in [0.2, 0.25) is 0 Å². The van der Waals surface area contributed by atoms with Gasteiger partial charge in [-0.05, 0) is 128 Å². The highest BCUT2D eigenvalue weighted by molar-refractivity contribution is 5.89. The van der Waals surface area contributed by atoms with E-state index in [0.717, 1.165) is 117 Å². The molecule has 0 aliphatic carbocycles. The third-order valence-corrected chi connectivity index (χ3v) is 11.5. The molecule has 0 aromatic heterocycles. The topological polar surface area (TPSA) is 128 Å². The SMILES string of the molecule is C=C(C)C(=O)Oc1ccc(-c2ccc(COCCCCCCCOCC(COCCCCCCCCOc3ccc(-c4ccc(OC(=O)C(=C)C)cc4)cc3)COc3ccc(OCCO)cc3)cc2)cc1. The number of unbranched alkanes of at least 4 members (excludes halogenated alkanes) is 9. The fourth-order valence-corrected chi connectivity index (χ4v) is 7.34. The summed E-state index contributed by atoms with van der Waals surface area (Å²) >= 11 is 0. The van der Waals surface area contributed by atoms with Crippen molar-refractivity contribution in [2.24, 2.45) is 5.92 Å². The second-order valence-corrected chi connectivity index (χ2v) is 17.8. The first-order valence-corrected chi connectivity index (χ1v) is 25.1. The third-order valence-electron chi connectivity index (χ3n) is 11.5. The van der Waals surface area contributed by atoms with Gasteiger partial charge in [-0.15, -0.1) is 0 Å². The van der Waals surface area contributed by atoms with Crippen LogP contribution in [0.4, 0.5) is 0 Å². The van der Waals surface area contributed by atoms with Gasteiger partial charge in [-0.2, -0.15) is 0 Å². The van der Waals surface area contributed by atoms with Crippen LogP contribution in [-0.4, -0.2) is 76.5 Å². The Morgan fingerprint density at radius 1 is 0.408 bits per heavy atom. The van der Waals surface area contributed by atoms with Gasteiger partial charge in [-0.25, -0.2) is 9.59 Å². The largest absolute Gasteiger partial charge is 0.494 e. The molecule has 380 valence electrons. The Kier molecular flexibility index (Phi) is 25.6. The van der Waals surface area contributed by atoms with E-state index in [9.17, 15) is 9.59 Å². The van der Waals surface area contributed by atoms with Crippen LogP contribution in [0, 0.1) is 5.92 Å². The Bertz CT molecular complexity index is 2150. The molecule has 0 bridgehead atoms. The van der Waals surface area contributed by atoms with Crippen molar-refractivity contribution >= 4 is 11.9 Å². The molecule has 1 unspecified atom stereocenters. The minimum atomic E-state index is -0.430. The zero-order valence-electron chi connectivity index (χ0n) is 41.9. The highest BCUT2D eigenvalue weighted by atomic mass is 16.5. The van der Waals surface area contributed by atoms with Crippen LogP contribution in [0.1, 0.15) is 90.0 Å². The molecule has 0 saturated heterocycles. The van der Waals surface area contributed by atoms with E-state index in [-0.39, 0.29) is 19.1 Å². The molecule has 0 aliphatic heterocycles. The van der Waals surface area contributed by atoms with E-state index < -0.39 is 11.9 Å². The normalized spacial score (nSPS) is 11.4. The van der Waals surface area contributed by atoms with Crippen molar-refractivity contribution in [3.05, 3.63) is 151 Å². The summed E-state index contributed by atoms with van der Waals surface area (Å²) in [5, 5.41) is 9.05. The molecule has 0 amide bonds. The summed E-state index contributed by atoms with van der Waals surface area (Å²) in [6.07, 6.45) is 12.0. The lowest BCUT2D eigenvalue weighted by Crippen LogP contribution is -2.24. The lowest BCUT2D eigenvalue weighted by molar-refractivity contribution is -0.130. The Hall–Kier alpha value is -6.24. The van der Waals surface area contributed by atoms with Crippen LogP contribution < -0.4 is 23.7 Å². The van der Waals surface area contributed by atoms with Gasteiger partial charge in [0.25, 0.3) is 0 Å². The van der Waals surface area contributed by atoms with Crippen molar-refractivity contribution in [1.29, 1.82) is 0 Å². The highest BCUT2D eigenvalue weighted by Gasteiger charge is 2.13. The lowest BCUT2D eigenvalue weighted by Gasteiger charge is -2.18. The van der Waals surface area contributed by atoms with E-state index in [1.165, 1.54) is 0 Å². The number of carbonyl (C=O) groups is 2. The molecule has 0 radical (unpaired) electrons. The highest BCUT2D eigenvalue weighted by Crippen LogP contribution is 2.27. The van der Waals surface area contributed by atoms with Crippen LogP contribution in [0.3, 0.4) is 0 Å². The zero-order valence-corrected chi connectivity index (χ0v) is 41.9. The standard InChI is InChI=1S/C60H74O11/c1-46(2)59(62)70-57-28-22-52(23-29-57)50-18-16-48(17-19-50)42-64-37-13-9-7-10-14-39-66-44-49(45-69-56-34-32-55(33-35-56)68-41-36-61)43-65-38-12-8-5-6-11-15-40-67-54-26-20-51(21-27-54)53-24-30-58(31-25-53)71-60(63)47(3)4/h16-35,49,61H,1,3,5-15,36-45H2,2,4H3. The molecular weight excluding hydrogens is 897 g/mol. The smallest absolute Gasteiger partial charge is 0.338 e. The molecular formula is C60H74O11. The van der Waals surface area contributed by atoms with Gasteiger partial charge in [0, 0.05) is 36.9 Å². The summed E-state index contributed by atoms with van der Waals surface area (Å²) in [5.41, 5.74) is 6.08. The van der Waals surface area contributed by atoms with Crippen molar-refractivity contribution in [2.45, 2.75) is 91.1 Å². The molecule has 0 spiro atoms. The number of aliphatic hydroxyl groups is 1. The van der Waals surface area contributed by atoms with Gasteiger partial charge in [-0.3, -0.25) is 0 Å². The number of aliphatic hydroxyl groups excluding tert-OH is 1. The van der Waals surface area contributed by atoms with E-state index in [0.29, 0.717) is 74.6 Å². The maximum atomic E-state index is 11.8. The molecule has 0 fully saturated rings. The van der Waals surface area contributed by atoms with Crippen LogP contribution in [-0.2, 0) is 30.4 Å². The summed E-state index contributed by atoms with van der Waals surface area (Å²) < 4.78 is 46.5. The first-order valence-electron chi connectivity index (χ1n) is 25.1. The van der Waals surface area contributed by atoms with Crippen molar-refractivity contribution in [3.8, 4) is 51.0 Å². The fourth-order valence-electron chi connectivity index (χ4n) is 7.34. The molecule has 1 N–H and O–H groups in total. The fraction of sp³-hybridized carbons (Fsp3) is 0.400. The first kappa shape index (κ1) is 55.7. The lowest BCUT2D eigenvalue weighted by atomic mass is 10.0. The Labute approximate surface area is 421 Å². The van der Waals surface area contributed by atoms with Crippen molar-refractivity contribution in [3.63, 3.8) is 0 Å². The molecule has 71 heavy (non-hydrogen) atoms. The van der Waals surface area contributed by atoms with Crippen LogP contribution in [0.15, 0.2) is 146 Å². The number of ether oxygens (including phenoxy) is 8. The zero-order chi connectivity index (χ0) is 50.3. The molecule has 0 heterocycles. The molecule has 5 rings (SSSR count). The second-order valence-electron chi connectivity index (χ2n) is 17.8. The average Bonchev–Trinajstić information content (AvgIpc) is 3.39. The van der Waals surface area contributed by atoms with E-state index in [2.05, 4.69) is 37.4 Å². The van der Waals surface area contributed by atoms with Gasteiger partial charge in [0.05, 0.1) is 39.6 Å². The van der Waals surface area contributed by atoms with Crippen LogP contribution >= 0.6 is 0 Å². The maximum absolute atomic E-state index is 11.8. The molecule has 5 aromatic rings. The maximum Gasteiger partial charge on any atom is 0.338 e. The predicted molar refractivity (Wildman–Crippen MR) is 280 cm³/mol. The number of hydrogen-bond acceptors (Lipinski definition) is 11. The van der Waals surface area contributed by atoms with E-state index in [4.69, 9.17) is 43.0 Å². The van der Waals surface area contributed by atoms with Gasteiger partial charge < -0.3 is 43.0 Å². The van der Waals surface area contributed by atoms with Gasteiger partial charge >= 0.3 is 11.9 Å². The van der Waals surface area contributed by atoms with Crippen molar-refractivity contribution in [2.75, 3.05) is 59.5 Å². The summed E-state index contributed by atoms with van der Waals surface area (Å²) in [5.74, 6) is 2.53. The minimum Gasteiger partial charge on any atom is -0.494 e. The van der Waals surface area contributed by atoms with E-state index in [1.54, 1.807) is 38.1 Å². The summed E-state index contributed by atoms with van der Waals surface area (Å²) in [6, 6.07) is 38.7. The molecule has 1 atom stereocenters. The number of benzene rings is 5. The molecule has 5 aromatic carbocycles. The van der Waals surface area contributed by atoms with Crippen LogP contribution in [0.5, 0.6) is 28.7 Å². The Balaban J connectivity index is 0.886. The third kappa shape index (κ3) is 22.2. The Morgan fingerprint density at radius 3 is 1.17 bits per heavy atom. The average molecular weight is 971 g/mol. The number of hydrogen-bond donors (Lipinski definition) is 1. The molecule has 11 nitrogen and oxygen atoms in total. The van der Waals surface area contributed by atoms with E-state index >= 15 is 0 Å².